The molecule has 0 radical (unpaired) electrons. The van der Waals surface area contributed by atoms with Crippen molar-refractivity contribution in [3.63, 3.8) is 0 Å². The van der Waals surface area contributed by atoms with Gasteiger partial charge in [-0.15, -0.1) is 0 Å². The van der Waals surface area contributed by atoms with Crippen molar-refractivity contribution < 1.29 is 24.2 Å². The average Bonchev–Trinajstić information content (AvgIpc) is 3.45. The number of hydrogen-bond donors (Lipinski definition) is 1. The number of rotatable bonds is 7. The fraction of sp³-hybridized carbons (Fsp3) is 0.179. The predicted molar refractivity (Wildman–Crippen MR) is 140 cm³/mol. The van der Waals surface area contributed by atoms with E-state index in [-0.39, 0.29) is 11.3 Å². The third-order valence-corrected chi connectivity index (χ3v) is 6.97. The summed E-state index contributed by atoms with van der Waals surface area (Å²) in [5.74, 6) is -0.370. The van der Waals surface area contributed by atoms with Crippen molar-refractivity contribution in [1.82, 2.24) is 4.98 Å². The molecular formula is C28H24N2O5S. The van der Waals surface area contributed by atoms with Crippen LogP contribution in [0, 0.1) is 0 Å². The number of Topliss-reactive ketones (excluding diaryl/α,β-unsaturated/α-hetero) is 1. The van der Waals surface area contributed by atoms with Crippen molar-refractivity contribution in [3.8, 4) is 11.5 Å². The van der Waals surface area contributed by atoms with Crippen molar-refractivity contribution in [3.05, 3.63) is 89.5 Å². The van der Waals surface area contributed by atoms with Crippen LogP contribution in [0.5, 0.6) is 11.5 Å². The molecule has 0 bridgehead atoms. The van der Waals surface area contributed by atoms with Crippen molar-refractivity contribution in [1.29, 1.82) is 0 Å². The van der Waals surface area contributed by atoms with E-state index < -0.39 is 17.7 Å². The Kier molecular flexibility index (Phi) is 6.43. The highest BCUT2D eigenvalue weighted by Crippen LogP contribution is 2.44. The zero-order chi connectivity index (χ0) is 25.2. The lowest BCUT2D eigenvalue weighted by Gasteiger charge is -2.23. The Morgan fingerprint density at radius 1 is 1.03 bits per heavy atom. The van der Waals surface area contributed by atoms with Crippen LogP contribution in [-0.4, -0.2) is 35.5 Å². The Morgan fingerprint density at radius 3 is 2.44 bits per heavy atom. The van der Waals surface area contributed by atoms with E-state index in [0.29, 0.717) is 39.9 Å². The number of carbonyl (C=O) groups excluding carboxylic acids is 2. The fourth-order valence-electron chi connectivity index (χ4n) is 4.19. The molecule has 7 nitrogen and oxygen atoms in total. The van der Waals surface area contributed by atoms with Gasteiger partial charge in [-0.25, -0.2) is 4.98 Å². The highest BCUT2D eigenvalue weighted by Gasteiger charge is 2.48. The zero-order valence-electron chi connectivity index (χ0n) is 19.8. The van der Waals surface area contributed by atoms with E-state index in [0.717, 1.165) is 11.1 Å². The normalized spacial score (nSPS) is 17.1. The summed E-state index contributed by atoms with van der Waals surface area (Å²) in [5.41, 5.74) is 1.82. The van der Waals surface area contributed by atoms with Gasteiger partial charge in [0.2, 0.25) is 0 Å². The number of carbonyl (C=O) groups is 2. The molecule has 0 unspecified atom stereocenters. The van der Waals surface area contributed by atoms with E-state index in [9.17, 15) is 14.7 Å². The van der Waals surface area contributed by atoms with Crippen LogP contribution in [0.1, 0.15) is 30.5 Å². The molecule has 1 N–H and O–H groups in total. The lowest BCUT2D eigenvalue weighted by molar-refractivity contribution is -0.132. The fourth-order valence-corrected chi connectivity index (χ4v) is 5.21. The summed E-state index contributed by atoms with van der Waals surface area (Å²) in [4.78, 5) is 32.7. The van der Waals surface area contributed by atoms with Gasteiger partial charge in [-0.3, -0.25) is 14.5 Å². The largest absolute Gasteiger partial charge is 0.507 e. The second-order valence-electron chi connectivity index (χ2n) is 8.28. The molecule has 36 heavy (non-hydrogen) atoms. The molecule has 3 aromatic carbocycles. The lowest BCUT2D eigenvalue weighted by atomic mass is 9.95. The molecule has 4 aromatic rings. The lowest BCUT2D eigenvalue weighted by Crippen LogP contribution is -2.29. The molecule has 1 saturated heterocycles. The van der Waals surface area contributed by atoms with Crippen molar-refractivity contribution in [2.75, 3.05) is 18.6 Å². The zero-order valence-corrected chi connectivity index (χ0v) is 20.6. The second-order valence-corrected chi connectivity index (χ2v) is 9.29. The van der Waals surface area contributed by atoms with Crippen molar-refractivity contribution in [2.24, 2.45) is 0 Å². The molecule has 0 aliphatic carbocycles. The third kappa shape index (κ3) is 4.20. The summed E-state index contributed by atoms with van der Waals surface area (Å²) in [5, 5.41) is 11.6. The van der Waals surface area contributed by atoms with Crippen LogP contribution >= 0.6 is 11.3 Å². The van der Waals surface area contributed by atoms with Gasteiger partial charge in [-0.1, -0.05) is 60.7 Å². The van der Waals surface area contributed by atoms with Crippen LogP contribution in [0.2, 0.25) is 0 Å². The number of aromatic nitrogens is 1. The van der Waals surface area contributed by atoms with Gasteiger partial charge < -0.3 is 14.6 Å². The average molecular weight is 501 g/mol. The second kappa shape index (κ2) is 9.83. The molecular weight excluding hydrogens is 476 g/mol. The Balaban J connectivity index is 1.66. The van der Waals surface area contributed by atoms with Gasteiger partial charge >= 0.3 is 5.91 Å². The van der Waals surface area contributed by atoms with E-state index >= 15 is 0 Å². The monoisotopic (exact) mass is 500 g/mol. The molecule has 0 saturated carbocycles. The Hall–Kier alpha value is -4.17. The third-order valence-electron chi connectivity index (χ3n) is 5.95. The summed E-state index contributed by atoms with van der Waals surface area (Å²) in [7, 11) is 1.58. The van der Waals surface area contributed by atoms with Gasteiger partial charge in [0.05, 0.1) is 35.5 Å². The summed E-state index contributed by atoms with van der Waals surface area (Å²) < 4.78 is 11.8. The van der Waals surface area contributed by atoms with E-state index in [1.165, 1.54) is 16.2 Å². The van der Waals surface area contributed by atoms with Crippen molar-refractivity contribution >= 4 is 44.1 Å². The molecule has 5 rings (SSSR count). The number of benzene rings is 3. The number of hydrogen-bond acceptors (Lipinski definition) is 7. The summed E-state index contributed by atoms with van der Waals surface area (Å²) in [6.45, 7) is 2.61. The summed E-state index contributed by atoms with van der Waals surface area (Å²) in [6, 6.07) is 20.6. The predicted octanol–water partition coefficient (Wildman–Crippen LogP) is 5.72. The number of methoxy groups -OCH3 is 1. The number of aliphatic hydroxyl groups excluding tert-OH is 1. The first-order valence-corrected chi connectivity index (χ1v) is 12.4. The molecule has 182 valence electrons. The van der Waals surface area contributed by atoms with Crippen LogP contribution in [-0.2, 0) is 9.59 Å². The first kappa shape index (κ1) is 23.6. The van der Waals surface area contributed by atoms with E-state index in [4.69, 9.17) is 9.47 Å². The standard InChI is InChI=1S/C28H24N2O5S/c1-3-15-35-19-11-9-17(10-12-19)24-23(25(31)18-7-5-4-6-8-18)26(32)27(33)30(24)28-29-21-14-13-20(34-2)16-22(21)36-28/h4-14,16,24,31H,3,15H2,1-2H3/b25-23+/t24-/m1/s1. The Morgan fingerprint density at radius 2 is 1.75 bits per heavy atom. The number of amides is 1. The minimum atomic E-state index is -0.854. The summed E-state index contributed by atoms with van der Waals surface area (Å²) in [6.07, 6.45) is 0.876. The quantitative estimate of drug-likeness (QED) is 0.198. The first-order chi connectivity index (χ1) is 17.5. The van der Waals surface area contributed by atoms with Crippen LogP contribution < -0.4 is 14.4 Å². The number of thiazole rings is 1. The van der Waals surface area contributed by atoms with Crippen LogP contribution in [0.4, 0.5) is 5.13 Å². The van der Waals surface area contributed by atoms with Crippen molar-refractivity contribution in [2.45, 2.75) is 19.4 Å². The smallest absolute Gasteiger partial charge is 0.301 e. The molecule has 1 amide bonds. The molecule has 0 spiro atoms. The van der Waals surface area contributed by atoms with E-state index in [1.807, 2.05) is 37.3 Å². The summed E-state index contributed by atoms with van der Waals surface area (Å²) >= 11 is 1.28. The molecule has 2 heterocycles. The van der Waals surface area contributed by atoms with Gasteiger partial charge in [0.15, 0.2) is 5.13 Å². The van der Waals surface area contributed by atoms with Gasteiger partial charge in [0.1, 0.15) is 17.3 Å². The number of aliphatic hydroxyl groups is 1. The van der Waals surface area contributed by atoms with Gasteiger partial charge in [-0.05, 0) is 42.3 Å². The minimum absolute atomic E-state index is 0.0188. The van der Waals surface area contributed by atoms with E-state index in [2.05, 4.69) is 4.98 Å². The number of ether oxygens (including phenoxy) is 2. The molecule has 1 atom stereocenters. The maximum absolute atomic E-state index is 13.4. The number of nitrogens with zero attached hydrogens (tertiary/aromatic N) is 2. The molecule has 8 heteroatoms. The number of fused-ring (bicyclic) bond motifs is 1. The molecule has 1 aromatic heterocycles. The molecule has 1 aliphatic heterocycles. The van der Waals surface area contributed by atoms with Crippen LogP contribution in [0.15, 0.2) is 78.4 Å². The number of ketones is 1. The SMILES string of the molecule is CCCOc1ccc([C@@H]2/C(=C(\O)c3ccccc3)C(=O)C(=O)N2c2nc3ccc(OC)cc3s2)cc1. The maximum atomic E-state index is 13.4. The highest BCUT2D eigenvalue weighted by molar-refractivity contribution is 7.22. The maximum Gasteiger partial charge on any atom is 0.301 e. The molecule has 1 aliphatic rings. The molecule has 1 fully saturated rings. The Bertz CT molecular complexity index is 1460. The number of anilines is 1. The van der Waals surface area contributed by atoms with Crippen LogP contribution in [0.3, 0.4) is 0 Å². The van der Waals surface area contributed by atoms with Gasteiger partial charge in [-0.2, -0.15) is 0 Å². The Labute approximate surface area is 212 Å². The van der Waals surface area contributed by atoms with Gasteiger partial charge in [0, 0.05) is 5.56 Å². The minimum Gasteiger partial charge on any atom is -0.507 e. The first-order valence-electron chi connectivity index (χ1n) is 11.6. The highest BCUT2D eigenvalue weighted by atomic mass is 32.1. The topological polar surface area (TPSA) is 89.0 Å². The van der Waals surface area contributed by atoms with Crippen LogP contribution in [0.25, 0.3) is 16.0 Å². The van der Waals surface area contributed by atoms with E-state index in [1.54, 1.807) is 49.6 Å². The van der Waals surface area contributed by atoms with Gasteiger partial charge in [0.25, 0.3) is 5.78 Å².